The number of rotatable bonds is 6. The average molecular weight is 434 g/mol. The number of methoxy groups -OCH3 is 1. The minimum absolute atomic E-state index is 0.0607. The lowest BCUT2D eigenvalue weighted by molar-refractivity contribution is -0.146. The fraction of sp³-hybridized carbons (Fsp3) is 0.571. The summed E-state index contributed by atoms with van der Waals surface area (Å²) < 4.78 is 17.2. The van der Waals surface area contributed by atoms with Crippen molar-refractivity contribution in [3.63, 3.8) is 0 Å². The van der Waals surface area contributed by atoms with E-state index in [2.05, 4.69) is 15.2 Å². The van der Waals surface area contributed by atoms with E-state index in [1.807, 2.05) is 12.1 Å². The molecule has 0 bridgehead atoms. The van der Waals surface area contributed by atoms with Gasteiger partial charge in [0.1, 0.15) is 17.4 Å². The highest BCUT2D eigenvalue weighted by Crippen LogP contribution is 2.40. The molecule has 1 aliphatic carbocycles. The molecule has 162 valence electrons. The average Bonchev–Trinajstić information content (AvgIpc) is 3.33. The first kappa shape index (κ1) is 20.9. The normalized spacial score (nSPS) is 21.6. The third kappa shape index (κ3) is 4.67. The minimum atomic E-state index is -0.260. The van der Waals surface area contributed by atoms with Crippen molar-refractivity contribution < 1.29 is 23.8 Å². The number of morpholine rings is 1. The van der Waals surface area contributed by atoms with Gasteiger partial charge < -0.3 is 24.4 Å². The third-order valence-corrected chi connectivity index (χ3v) is 6.60. The van der Waals surface area contributed by atoms with Crippen LogP contribution < -0.4 is 15.0 Å². The molecular weight excluding hydrogens is 406 g/mol. The Balaban J connectivity index is 1.46. The molecule has 1 aromatic carbocycles. The number of nitrogens with one attached hydrogen (secondary N) is 1. The zero-order valence-electron chi connectivity index (χ0n) is 17.3. The van der Waals surface area contributed by atoms with Gasteiger partial charge in [0.05, 0.1) is 30.7 Å². The van der Waals surface area contributed by atoms with Crippen LogP contribution >= 0.6 is 11.3 Å². The first-order valence-electron chi connectivity index (χ1n) is 10.3. The lowest BCUT2D eigenvalue weighted by Crippen LogP contribution is -2.36. The molecular formula is C21H27N3O5S. The summed E-state index contributed by atoms with van der Waals surface area (Å²) in [6.45, 7) is 4.47. The van der Waals surface area contributed by atoms with Crippen molar-refractivity contribution in [1.82, 2.24) is 4.98 Å². The molecule has 2 aromatic rings. The van der Waals surface area contributed by atoms with Crippen molar-refractivity contribution in [2.75, 3.05) is 43.6 Å². The number of nitrogens with zero attached hydrogens (tertiary/aromatic N) is 2. The van der Waals surface area contributed by atoms with Gasteiger partial charge in [0, 0.05) is 26.4 Å². The van der Waals surface area contributed by atoms with Gasteiger partial charge in [-0.1, -0.05) is 11.3 Å². The van der Waals surface area contributed by atoms with Gasteiger partial charge in [0.25, 0.3) is 0 Å². The van der Waals surface area contributed by atoms with Crippen LogP contribution in [0, 0.1) is 5.92 Å². The zero-order valence-corrected chi connectivity index (χ0v) is 18.1. The lowest BCUT2D eigenvalue weighted by Gasteiger charge is -2.29. The molecule has 4 rings (SSSR count). The van der Waals surface area contributed by atoms with E-state index < -0.39 is 0 Å². The van der Waals surface area contributed by atoms with E-state index in [1.54, 1.807) is 7.11 Å². The van der Waals surface area contributed by atoms with Crippen LogP contribution in [0.2, 0.25) is 0 Å². The predicted octanol–water partition coefficient (Wildman–Crippen LogP) is 3.20. The number of thiazole rings is 1. The standard InChI is InChI=1S/C21H27N3O5S/c1-13(25)29-15-4-3-14(11-15)12-18(26)22-21-23-19-17(27-2)6-5-16(20(19)30-21)24-7-9-28-10-8-24/h5-6,14-15H,3-4,7-12H2,1-2H3,(H,22,23,26). The van der Waals surface area contributed by atoms with Crippen LogP contribution in [0.25, 0.3) is 10.2 Å². The van der Waals surface area contributed by atoms with Gasteiger partial charge in [-0.25, -0.2) is 4.98 Å². The molecule has 2 atom stereocenters. The summed E-state index contributed by atoms with van der Waals surface area (Å²) in [5, 5.41) is 3.53. The second kappa shape index (κ2) is 9.18. The highest BCUT2D eigenvalue weighted by Gasteiger charge is 2.29. The summed E-state index contributed by atoms with van der Waals surface area (Å²) in [7, 11) is 1.63. The number of ether oxygens (including phenoxy) is 3. The molecule has 2 unspecified atom stereocenters. The van der Waals surface area contributed by atoms with Crippen molar-refractivity contribution in [1.29, 1.82) is 0 Å². The van der Waals surface area contributed by atoms with E-state index >= 15 is 0 Å². The lowest BCUT2D eigenvalue weighted by atomic mass is 10.0. The first-order valence-corrected chi connectivity index (χ1v) is 11.1. The Morgan fingerprint density at radius 1 is 1.30 bits per heavy atom. The van der Waals surface area contributed by atoms with Crippen molar-refractivity contribution in [2.24, 2.45) is 5.92 Å². The summed E-state index contributed by atoms with van der Waals surface area (Å²) in [4.78, 5) is 30.6. The number of carbonyl (C=O) groups excluding carboxylic acids is 2. The van der Waals surface area contributed by atoms with Crippen LogP contribution in [0.15, 0.2) is 12.1 Å². The van der Waals surface area contributed by atoms with E-state index in [0.717, 1.165) is 48.3 Å². The number of carbonyl (C=O) groups is 2. The first-order chi connectivity index (χ1) is 14.5. The van der Waals surface area contributed by atoms with Crippen LogP contribution in [0.5, 0.6) is 5.75 Å². The molecule has 0 radical (unpaired) electrons. The van der Waals surface area contributed by atoms with Crippen molar-refractivity contribution in [2.45, 2.75) is 38.7 Å². The van der Waals surface area contributed by atoms with E-state index in [1.165, 1.54) is 18.3 Å². The Morgan fingerprint density at radius 3 is 2.83 bits per heavy atom. The van der Waals surface area contributed by atoms with E-state index in [-0.39, 0.29) is 23.9 Å². The fourth-order valence-electron chi connectivity index (χ4n) is 4.23. The van der Waals surface area contributed by atoms with Gasteiger partial charge in [-0.2, -0.15) is 0 Å². The van der Waals surface area contributed by atoms with E-state index in [4.69, 9.17) is 14.2 Å². The Labute approximate surface area is 179 Å². The smallest absolute Gasteiger partial charge is 0.302 e. The number of fused-ring (bicyclic) bond motifs is 1. The zero-order chi connectivity index (χ0) is 21.1. The molecule has 2 heterocycles. The maximum Gasteiger partial charge on any atom is 0.302 e. The van der Waals surface area contributed by atoms with Crippen molar-refractivity contribution in [3.05, 3.63) is 12.1 Å². The highest BCUT2D eigenvalue weighted by atomic mass is 32.1. The van der Waals surface area contributed by atoms with Gasteiger partial charge in [-0.3, -0.25) is 9.59 Å². The third-order valence-electron chi connectivity index (χ3n) is 5.60. The molecule has 1 saturated heterocycles. The SMILES string of the molecule is COc1ccc(N2CCOCC2)c2sc(NC(=O)CC3CCC(OC(C)=O)C3)nc12. The summed E-state index contributed by atoms with van der Waals surface area (Å²) in [5.74, 6) is 0.597. The molecule has 2 aliphatic rings. The number of aromatic nitrogens is 1. The van der Waals surface area contributed by atoms with E-state index in [9.17, 15) is 9.59 Å². The topological polar surface area (TPSA) is 90.0 Å². The molecule has 1 N–H and O–H groups in total. The number of benzene rings is 1. The molecule has 1 aromatic heterocycles. The number of anilines is 2. The number of hydrogen-bond donors (Lipinski definition) is 1. The summed E-state index contributed by atoms with van der Waals surface area (Å²) >= 11 is 1.47. The monoisotopic (exact) mass is 433 g/mol. The molecule has 1 amide bonds. The van der Waals surface area contributed by atoms with Gasteiger partial charge in [0.15, 0.2) is 5.13 Å². The minimum Gasteiger partial charge on any atom is -0.494 e. The Hall–Kier alpha value is -2.39. The van der Waals surface area contributed by atoms with Crippen LogP contribution in [-0.2, 0) is 19.1 Å². The predicted molar refractivity (Wildman–Crippen MR) is 115 cm³/mol. The Bertz CT molecular complexity index is 925. The van der Waals surface area contributed by atoms with Gasteiger partial charge >= 0.3 is 5.97 Å². The van der Waals surface area contributed by atoms with Crippen LogP contribution in [0.3, 0.4) is 0 Å². The van der Waals surface area contributed by atoms with Gasteiger partial charge in [0.2, 0.25) is 5.91 Å². The summed E-state index contributed by atoms with van der Waals surface area (Å²) in [6, 6.07) is 3.97. The maximum absolute atomic E-state index is 12.6. The largest absolute Gasteiger partial charge is 0.494 e. The summed E-state index contributed by atoms with van der Waals surface area (Å²) in [6.07, 6.45) is 2.78. The summed E-state index contributed by atoms with van der Waals surface area (Å²) in [5.41, 5.74) is 1.85. The quantitative estimate of drug-likeness (QED) is 0.700. The molecule has 1 aliphatic heterocycles. The molecule has 0 spiro atoms. The maximum atomic E-state index is 12.6. The number of amides is 1. The second-order valence-corrected chi connectivity index (χ2v) is 8.75. The molecule has 9 heteroatoms. The van der Waals surface area contributed by atoms with Gasteiger partial charge in [-0.15, -0.1) is 0 Å². The fourth-order valence-corrected chi connectivity index (χ4v) is 5.27. The van der Waals surface area contributed by atoms with Crippen molar-refractivity contribution in [3.8, 4) is 5.75 Å². The number of esters is 1. The second-order valence-electron chi connectivity index (χ2n) is 7.75. The van der Waals surface area contributed by atoms with E-state index in [0.29, 0.717) is 30.5 Å². The molecule has 30 heavy (non-hydrogen) atoms. The Kier molecular flexibility index (Phi) is 6.38. The molecule has 1 saturated carbocycles. The van der Waals surface area contributed by atoms with Crippen LogP contribution in [0.1, 0.15) is 32.6 Å². The van der Waals surface area contributed by atoms with Crippen molar-refractivity contribution >= 4 is 44.2 Å². The van der Waals surface area contributed by atoms with Gasteiger partial charge in [-0.05, 0) is 37.3 Å². The Morgan fingerprint density at radius 2 is 2.10 bits per heavy atom. The highest BCUT2D eigenvalue weighted by molar-refractivity contribution is 7.23. The molecule has 8 nitrogen and oxygen atoms in total. The van der Waals surface area contributed by atoms with Crippen LogP contribution in [-0.4, -0.2) is 56.4 Å². The number of hydrogen-bond acceptors (Lipinski definition) is 8. The molecule has 2 fully saturated rings. The van der Waals surface area contributed by atoms with Crippen LogP contribution in [0.4, 0.5) is 10.8 Å².